The molecule has 1 atom stereocenters. The smallest absolute Gasteiger partial charge is 0.205 e. The average Bonchev–Trinajstić information content (AvgIpc) is 2.92. The van der Waals surface area contributed by atoms with Crippen molar-refractivity contribution < 1.29 is 0 Å². The van der Waals surface area contributed by atoms with E-state index in [1.165, 1.54) is 19.3 Å². The molecule has 0 radical (unpaired) electrons. The lowest BCUT2D eigenvalue weighted by molar-refractivity contribution is 0.215. The summed E-state index contributed by atoms with van der Waals surface area (Å²) in [5.74, 6) is 0.970. The summed E-state index contributed by atoms with van der Waals surface area (Å²) < 4.78 is 4.42. The van der Waals surface area contributed by atoms with Crippen LogP contribution in [0.3, 0.4) is 0 Å². The molecule has 0 bridgehead atoms. The number of pyridine rings is 1. The van der Waals surface area contributed by atoms with Gasteiger partial charge in [0.25, 0.3) is 0 Å². The number of hydrogen-bond acceptors (Lipinski definition) is 6. The third kappa shape index (κ3) is 4.26. The van der Waals surface area contributed by atoms with Gasteiger partial charge in [-0.3, -0.25) is 9.88 Å². The number of aromatic nitrogens is 3. The second kappa shape index (κ2) is 7.84. The van der Waals surface area contributed by atoms with Crippen LogP contribution < -0.4 is 4.90 Å². The molecule has 0 saturated carbocycles. The number of anilines is 1. The van der Waals surface area contributed by atoms with Gasteiger partial charge in [0.15, 0.2) is 0 Å². The molecule has 23 heavy (non-hydrogen) atoms. The van der Waals surface area contributed by atoms with Crippen LogP contribution in [0.5, 0.6) is 0 Å². The van der Waals surface area contributed by atoms with E-state index < -0.39 is 0 Å². The highest BCUT2D eigenvalue weighted by Crippen LogP contribution is 2.23. The first-order chi connectivity index (χ1) is 11.3. The van der Waals surface area contributed by atoms with E-state index in [1.807, 2.05) is 12.3 Å². The molecule has 1 aliphatic rings. The van der Waals surface area contributed by atoms with Gasteiger partial charge in [0.1, 0.15) is 5.82 Å². The van der Waals surface area contributed by atoms with E-state index in [4.69, 9.17) is 0 Å². The summed E-state index contributed by atoms with van der Waals surface area (Å²) in [6.45, 7) is 5.18. The van der Waals surface area contributed by atoms with Gasteiger partial charge < -0.3 is 4.90 Å². The Morgan fingerprint density at radius 1 is 1.30 bits per heavy atom. The van der Waals surface area contributed by atoms with Crippen LogP contribution in [0.2, 0.25) is 0 Å². The Labute approximate surface area is 142 Å². The normalized spacial score (nSPS) is 19.1. The molecule has 1 aliphatic heterocycles. The molecule has 1 fully saturated rings. The van der Waals surface area contributed by atoms with E-state index in [-0.39, 0.29) is 0 Å². The molecule has 3 rings (SSSR count). The monoisotopic (exact) mass is 331 g/mol. The SMILES string of the molecule is CCc1nsc(N2CCC[C@@H](N(C)Cc3ccccn3)CC2)n1. The van der Waals surface area contributed by atoms with Crippen molar-refractivity contribution >= 4 is 16.7 Å². The fraction of sp³-hybridized carbons (Fsp3) is 0.588. The summed E-state index contributed by atoms with van der Waals surface area (Å²) in [6, 6.07) is 6.75. The first-order valence-electron chi connectivity index (χ1n) is 8.44. The van der Waals surface area contributed by atoms with Crippen LogP contribution in [0.15, 0.2) is 24.4 Å². The van der Waals surface area contributed by atoms with Crippen LogP contribution in [0.25, 0.3) is 0 Å². The van der Waals surface area contributed by atoms with Crippen LogP contribution in [0.1, 0.15) is 37.7 Å². The quantitative estimate of drug-likeness (QED) is 0.843. The molecule has 0 unspecified atom stereocenters. The van der Waals surface area contributed by atoms with Gasteiger partial charge in [-0.05, 0) is 38.4 Å². The van der Waals surface area contributed by atoms with E-state index in [1.54, 1.807) is 11.5 Å². The Morgan fingerprint density at radius 3 is 2.96 bits per heavy atom. The Bertz CT molecular complexity index is 600. The number of hydrogen-bond donors (Lipinski definition) is 0. The van der Waals surface area contributed by atoms with E-state index in [2.05, 4.69) is 50.2 Å². The fourth-order valence-corrected chi connectivity index (χ4v) is 3.91. The van der Waals surface area contributed by atoms with Crippen LogP contribution >= 0.6 is 11.5 Å². The number of nitrogens with zero attached hydrogens (tertiary/aromatic N) is 5. The van der Waals surface area contributed by atoms with E-state index in [0.29, 0.717) is 6.04 Å². The maximum absolute atomic E-state index is 4.64. The van der Waals surface area contributed by atoms with Gasteiger partial charge in [0.2, 0.25) is 5.13 Å². The van der Waals surface area contributed by atoms with Gasteiger partial charge in [0.05, 0.1) is 5.69 Å². The van der Waals surface area contributed by atoms with Crippen molar-refractivity contribution in [1.82, 2.24) is 19.2 Å². The first-order valence-corrected chi connectivity index (χ1v) is 9.21. The Balaban J connectivity index is 1.57. The van der Waals surface area contributed by atoms with Crippen LogP contribution in [-0.2, 0) is 13.0 Å². The molecule has 2 aromatic heterocycles. The molecule has 2 aromatic rings. The summed E-state index contributed by atoms with van der Waals surface area (Å²) in [6.07, 6.45) is 6.40. The third-order valence-electron chi connectivity index (χ3n) is 4.50. The van der Waals surface area contributed by atoms with Gasteiger partial charge >= 0.3 is 0 Å². The van der Waals surface area contributed by atoms with Gasteiger partial charge in [0, 0.05) is 49.8 Å². The molecular formula is C17H25N5S. The predicted octanol–water partition coefficient (Wildman–Crippen LogP) is 2.99. The highest BCUT2D eigenvalue weighted by molar-refractivity contribution is 7.09. The second-order valence-corrected chi connectivity index (χ2v) is 6.88. The molecule has 6 heteroatoms. The zero-order valence-corrected chi connectivity index (χ0v) is 14.8. The lowest BCUT2D eigenvalue weighted by Gasteiger charge is -2.26. The Kier molecular flexibility index (Phi) is 5.56. The van der Waals surface area contributed by atoms with Gasteiger partial charge in [-0.25, -0.2) is 4.98 Å². The largest absolute Gasteiger partial charge is 0.347 e. The molecule has 0 spiro atoms. The van der Waals surface area contributed by atoms with Crippen molar-refractivity contribution in [3.63, 3.8) is 0 Å². The summed E-state index contributed by atoms with van der Waals surface area (Å²) in [5.41, 5.74) is 1.15. The van der Waals surface area contributed by atoms with Gasteiger partial charge in [-0.1, -0.05) is 13.0 Å². The average molecular weight is 331 g/mol. The standard InChI is InChI=1S/C17H25N5S/c1-3-16-19-17(23-20-16)22-11-6-8-15(9-12-22)21(2)13-14-7-4-5-10-18-14/h4-5,7,10,15H,3,6,8-9,11-13H2,1-2H3/t15-/m1/s1. The van der Waals surface area contributed by atoms with Crippen LogP contribution in [0, 0.1) is 0 Å². The molecule has 0 N–H and O–H groups in total. The maximum Gasteiger partial charge on any atom is 0.205 e. The summed E-state index contributed by atoms with van der Waals surface area (Å²) in [7, 11) is 2.22. The highest BCUT2D eigenvalue weighted by atomic mass is 32.1. The molecule has 3 heterocycles. The molecule has 1 saturated heterocycles. The van der Waals surface area contributed by atoms with E-state index in [0.717, 1.165) is 42.7 Å². The Morgan fingerprint density at radius 2 is 2.22 bits per heavy atom. The zero-order valence-electron chi connectivity index (χ0n) is 14.0. The van der Waals surface area contributed by atoms with Crippen molar-refractivity contribution in [2.45, 2.75) is 45.2 Å². The second-order valence-electron chi connectivity index (χ2n) is 6.15. The molecule has 0 aliphatic carbocycles. The maximum atomic E-state index is 4.64. The minimum atomic E-state index is 0.612. The summed E-state index contributed by atoms with van der Waals surface area (Å²) in [5, 5.41) is 1.09. The van der Waals surface area contributed by atoms with Crippen molar-refractivity contribution in [3.8, 4) is 0 Å². The highest BCUT2D eigenvalue weighted by Gasteiger charge is 2.22. The Hall–Kier alpha value is -1.53. The number of rotatable bonds is 5. The van der Waals surface area contributed by atoms with Gasteiger partial charge in [-0.15, -0.1) is 0 Å². The first kappa shape index (κ1) is 16.3. The third-order valence-corrected chi connectivity index (χ3v) is 5.32. The lowest BCUT2D eigenvalue weighted by Crippen LogP contribution is -2.33. The topological polar surface area (TPSA) is 45.2 Å². The molecule has 5 nitrogen and oxygen atoms in total. The number of aryl methyl sites for hydroxylation is 1. The molecular weight excluding hydrogens is 306 g/mol. The van der Waals surface area contributed by atoms with E-state index in [9.17, 15) is 0 Å². The zero-order chi connectivity index (χ0) is 16.1. The van der Waals surface area contributed by atoms with Crippen LogP contribution in [0.4, 0.5) is 5.13 Å². The summed E-state index contributed by atoms with van der Waals surface area (Å²) in [4.78, 5) is 13.9. The van der Waals surface area contributed by atoms with Gasteiger partial charge in [-0.2, -0.15) is 4.37 Å². The van der Waals surface area contributed by atoms with Crippen LogP contribution in [-0.4, -0.2) is 45.4 Å². The van der Waals surface area contributed by atoms with Crippen molar-refractivity contribution in [2.75, 3.05) is 25.0 Å². The minimum Gasteiger partial charge on any atom is -0.347 e. The molecule has 124 valence electrons. The fourth-order valence-electron chi connectivity index (χ4n) is 3.10. The molecule has 0 amide bonds. The summed E-state index contributed by atoms with van der Waals surface area (Å²) >= 11 is 1.54. The van der Waals surface area contributed by atoms with Crippen molar-refractivity contribution in [2.24, 2.45) is 0 Å². The predicted molar refractivity (Wildman–Crippen MR) is 94.8 cm³/mol. The van der Waals surface area contributed by atoms with Crippen molar-refractivity contribution in [1.29, 1.82) is 0 Å². The minimum absolute atomic E-state index is 0.612. The van der Waals surface area contributed by atoms with E-state index >= 15 is 0 Å². The molecule has 0 aromatic carbocycles. The lowest BCUT2D eigenvalue weighted by atomic mass is 10.1. The van der Waals surface area contributed by atoms with Crippen molar-refractivity contribution in [3.05, 3.63) is 35.9 Å².